The van der Waals surface area contributed by atoms with Gasteiger partial charge in [0.05, 0.1) is 21.6 Å². The van der Waals surface area contributed by atoms with Gasteiger partial charge in [0.2, 0.25) is 6.79 Å². The van der Waals surface area contributed by atoms with Crippen molar-refractivity contribution in [3.63, 3.8) is 0 Å². The number of ether oxygens (including phenoxy) is 2. The summed E-state index contributed by atoms with van der Waals surface area (Å²) in [7, 11) is 0. The fourth-order valence-corrected chi connectivity index (χ4v) is 3.54. The molecule has 4 aromatic rings. The summed E-state index contributed by atoms with van der Waals surface area (Å²) in [5.41, 5.74) is 1.95. The highest BCUT2D eigenvalue weighted by Crippen LogP contribution is 2.33. The van der Waals surface area contributed by atoms with Crippen LogP contribution in [-0.4, -0.2) is 16.3 Å². The molecule has 0 spiro atoms. The first-order valence-electron chi connectivity index (χ1n) is 9.05. The number of hydrogen-bond donors (Lipinski definition) is 0. The zero-order valence-electron chi connectivity index (χ0n) is 15.2. The lowest BCUT2D eigenvalue weighted by molar-refractivity contribution is 0.174. The van der Waals surface area contributed by atoms with Gasteiger partial charge in [-0.3, -0.25) is 9.36 Å². The zero-order valence-corrected chi connectivity index (χ0v) is 16.0. The molecule has 0 saturated carbocycles. The van der Waals surface area contributed by atoms with E-state index in [-0.39, 0.29) is 12.4 Å². The van der Waals surface area contributed by atoms with Gasteiger partial charge in [0.1, 0.15) is 5.82 Å². The normalized spacial score (nSPS) is 12.7. The highest BCUT2D eigenvalue weighted by Gasteiger charge is 2.14. The van der Waals surface area contributed by atoms with Crippen LogP contribution in [0.15, 0.2) is 71.5 Å². The van der Waals surface area contributed by atoms with Gasteiger partial charge in [-0.2, -0.15) is 0 Å². The first kappa shape index (κ1) is 17.5. The molecule has 0 amide bonds. The van der Waals surface area contributed by atoms with Crippen LogP contribution in [0, 0.1) is 0 Å². The number of para-hydroxylation sites is 2. The summed E-state index contributed by atoms with van der Waals surface area (Å²) < 4.78 is 12.3. The number of halogens is 1. The van der Waals surface area contributed by atoms with Gasteiger partial charge < -0.3 is 9.47 Å². The third-order valence-electron chi connectivity index (χ3n) is 4.72. The van der Waals surface area contributed by atoms with Crippen LogP contribution in [-0.2, 0) is 0 Å². The fourth-order valence-electron chi connectivity index (χ4n) is 3.32. The Morgan fingerprint density at radius 2 is 1.72 bits per heavy atom. The molecule has 142 valence electrons. The Morgan fingerprint density at radius 1 is 0.931 bits per heavy atom. The van der Waals surface area contributed by atoms with Gasteiger partial charge in [0, 0.05) is 0 Å². The summed E-state index contributed by atoms with van der Waals surface area (Å²) >= 11 is 6.39. The Labute approximate surface area is 171 Å². The summed E-state index contributed by atoms with van der Waals surface area (Å²) in [5.74, 6) is 1.90. The lowest BCUT2D eigenvalue weighted by Crippen LogP contribution is -2.22. The molecular weight excluding hydrogens is 388 g/mol. The first-order valence-corrected chi connectivity index (χ1v) is 9.43. The summed E-state index contributed by atoms with van der Waals surface area (Å²) in [6.07, 6.45) is 3.68. The van der Waals surface area contributed by atoms with Gasteiger partial charge in [-0.1, -0.05) is 48.0 Å². The Hall–Kier alpha value is -3.57. The van der Waals surface area contributed by atoms with Crippen LogP contribution in [0.3, 0.4) is 0 Å². The van der Waals surface area contributed by atoms with E-state index in [0.29, 0.717) is 33.2 Å². The molecule has 5 nitrogen and oxygen atoms in total. The number of benzene rings is 3. The fraction of sp³-hybridized carbons (Fsp3) is 0.0435. The highest BCUT2D eigenvalue weighted by molar-refractivity contribution is 6.32. The zero-order chi connectivity index (χ0) is 19.8. The largest absolute Gasteiger partial charge is 0.454 e. The second kappa shape index (κ2) is 7.11. The molecule has 5 rings (SSSR count). The van der Waals surface area contributed by atoms with Gasteiger partial charge in [-0.25, -0.2) is 4.98 Å². The molecule has 0 unspecified atom stereocenters. The molecule has 2 heterocycles. The van der Waals surface area contributed by atoms with Crippen LogP contribution < -0.4 is 15.0 Å². The average Bonchev–Trinajstić information content (AvgIpc) is 3.21. The summed E-state index contributed by atoms with van der Waals surface area (Å²) in [5, 5.41) is 1.01. The second-order valence-electron chi connectivity index (χ2n) is 6.53. The van der Waals surface area contributed by atoms with E-state index < -0.39 is 0 Å². The molecule has 1 aliphatic heterocycles. The van der Waals surface area contributed by atoms with Crippen molar-refractivity contribution < 1.29 is 9.47 Å². The van der Waals surface area contributed by atoms with E-state index >= 15 is 0 Å². The molecule has 0 bridgehead atoms. The van der Waals surface area contributed by atoms with Gasteiger partial charge in [0.15, 0.2) is 11.5 Å². The minimum absolute atomic E-state index is 0.172. The molecular formula is C23H15ClN2O3. The van der Waals surface area contributed by atoms with Crippen LogP contribution in [0.1, 0.15) is 11.4 Å². The maximum atomic E-state index is 13.3. The Bertz CT molecular complexity index is 1330. The van der Waals surface area contributed by atoms with E-state index in [9.17, 15) is 4.79 Å². The maximum Gasteiger partial charge on any atom is 0.266 e. The van der Waals surface area contributed by atoms with Crippen molar-refractivity contribution in [3.8, 4) is 17.2 Å². The third kappa shape index (κ3) is 3.15. The Kier molecular flexibility index (Phi) is 4.30. The van der Waals surface area contributed by atoms with Gasteiger partial charge >= 0.3 is 0 Å². The number of nitrogens with zero attached hydrogens (tertiary/aromatic N) is 2. The van der Waals surface area contributed by atoms with Crippen molar-refractivity contribution in [2.75, 3.05) is 6.79 Å². The lowest BCUT2D eigenvalue weighted by atomic mass is 10.1. The van der Waals surface area contributed by atoms with Crippen molar-refractivity contribution in [1.82, 2.24) is 9.55 Å². The van der Waals surface area contributed by atoms with Crippen molar-refractivity contribution >= 4 is 34.7 Å². The molecule has 1 aliphatic rings. The van der Waals surface area contributed by atoms with E-state index in [1.165, 1.54) is 4.57 Å². The number of hydrogen-bond acceptors (Lipinski definition) is 4. The predicted octanol–water partition coefficient (Wildman–Crippen LogP) is 4.94. The molecule has 0 saturated heterocycles. The van der Waals surface area contributed by atoms with E-state index in [2.05, 4.69) is 0 Å². The van der Waals surface area contributed by atoms with Gasteiger partial charge in [0.25, 0.3) is 5.56 Å². The monoisotopic (exact) mass is 402 g/mol. The summed E-state index contributed by atoms with van der Waals surface area (Å²) in [4.78, 5) is 18.0. The summed E-state index contributed by atoms with van der Waals surface area (Å²) in [6.45, 7) is 0.223. The minimum Gasteiger partial charge on any atom is -0.454 e. The smallest absolute Gasteiger partial charge is 0.266 e. The molecule has 0 aliphatic carbocycles. The SMILES string of the molecule is O=c1c2ccccc2nc(C=Cc2ccc3c(c2)OCO3)n1-c1ccccc1Cl. The Balaban J connectivity index is 1.69. The van der Waals surface area contributed by atoms with Gasteiger partial charge in [-0.15, -0.1) is 0 Å². The predicted molar refractivity (Wildman–Crippen MR) is 114 cm³/mol. The van der Waals surface area contributed by atoms with Crippen LogP contribution in [0.25, 0.3) is 28.7 Å². The van der Waals surface area contributed by atoms with Gasteiger partial charge in [-0.05, 0) is 48.0 Å². The molecule has 3 aromatic carbocycles. The topological polar surface area (TPSA) is 53.4 Å². The number of rotatable bonds is 3. The van der Waals surface area contributed by atoms with Crippen LogP contribution in [0.5, 0.6) is 11.5 Å². The summed E-state index contributed by atoms with van der Waals surface area (Å²) in [6, 6.07) is 20.2. The quantitative estimate of drug-likeness (QED) is 0.487. The van der Waals surface area contributed by atoms with E-state index in [1.807, 2.05) is 54.6 Å². The average molecular weight is 403 g/mol. The van der Waals surface area contributed by atoms with E-state index in [4.69, 9.17) is 26.1 Å². The van der Waals surface area contributed by atoms with Crippen LogP contribution in [0.4, 0.5) is 0 Å². The Morgan fingerprint density at radius 3 is 2.62 bits per heavy atom. The van der Waals surface area contributed by atoms with Crippen LogP contribution >= 0.6 is 11.6 Å². The molecule has 0 fully saturated rings. The van der Waals surface area contributed by atoms with E-state index in [1.54, 1.807) is 24.3 Å². The third-order valence-corrected chi connectivity index (χ3v) is 5.04. The van der Waals surface area contributed by atoms with Crippen molar-refractivity contribution in [2.24, 2.45) is 0 Å². The molecule has 29 heavy (non-hydrogen) atoms. The highest BCUT2D eigenvalue weighted by atomic mass is 35.5. The molecule has 0 atom stereocenters. The second-order valence-corrected chi connectivity index (χ2v) is 6.93. The van der Waals surface area contributed by atoms with Crippen molar-refractivity contribution in [2.45, 2.75) is 0 Å². The van der Waals surface area contributed by atoms with Crippen LogP contribution in [0.2, 0.25) is 5.02 Å². The molecule has 1 aromatic heterocycles. The van der Waals surface area contributed by atoms with Crippen molar-refractivity contribution in [1.29, 1.82) is 0 Å². The first-order chi connectivity index (χ1) is 14.2. The molecule has 6 heteroatoms. The minimum atomic E-state index is -0.172. The number of aromatic nitrogens is 2. The van der Waals surface area contributed by atoms with E-state index in [0.717, 1.165) is 11.3 Å². The maximum absolute atomic E-state index is 13.3. The van der Waals surface area contributed by atoms with Crippen molar-refractivity contribution in [3.05, 3.63) is 93.5 Å². The standard InChI is InChI=1S/C23H15ClN2O3/c24-17-6-2-4-8-19(17)26-22(25-18-7-3-1-5-16(18)23(26)27)12-10-15-9-11-20-21(13-15)29-14-28-20/h1-13H,14H2. The molecule has 0 N–H and O–H groups in total. The molecule has 0 radical (unpaired) electrons. The lowest BCUT2D eigenvalue weighted by Gasteiger charge is -2.12. The number of fused-ring (bicyclic) bond motifs is 2.